The molecular weight excluding hydrogens is 178 g/mol. The molecule has 0 aromatic heterocycles. The van der Waals surface area contributed by atoms with Crippen LogP contribution in [0.2, 0.25) is 0 Å². The Bertz CT molecular complexity index is 376. The van der Waals surface area contributed by atoms with Gasteiger partial charge in [0.05, 0.1) is 0 Å². The molecule has 1 aromatic rings. The normalized spacial score (nSPS) is 20.4. The lowest BCUT2D eigenvalue weighted by Gasteiger charge is -2.08. The molecule has 74 valence electrons. The van der Waals surface area contributed by atoms with Gasteiger partial charge in [-0.2, -0.15) is 0 Å². The number of urea groups is 1. The average molecular weight is 191 g/mol. The van der Waals surface area contributed by atoms with Crippen LogP contribution in [0.15, 0.2) is 18.2 Å². The minimum Gasteiger partial charge on any atom is -0.399 e. The molecule has 14 heavy (non-hydrogen) atoms. The van der Waals surface area contributed by atoms with Gasteiger partial charge in [0.15, 0.2) is 0 Å². The van der Waals surface area contributed by atoms with Gasteiger partial charge in [-0.15, -0.1) is 0 Å². The highest BCUT2D eigenvalue weighted by Gasteiger charge is 2.16. The van der Waals surface area contributed by atoms with Crippen molar-refractivity contribution in [2.75, 3.05) is 11.1 Å². The molecule has 1 unspecified atom stereocenters. The number of nitrogens with two attached hydrogens (primary N) is 1. The van der Waals surface area contributed by atoms with Crippen molar-refractivity contribution in [3.63, 3.8) is 0 Å². The van der Waals surface area contributed by atoms with E-state index in [9.17, 15) is 4.79 Å². The highest BCUT2D eigenvalue weighted by atomic mass is 16.2. The number of hydrogen-bond donors (Lipinski definition) is 3. The Morgan fingerprint density at radius 2 is 2.29 bits per heavy atom. The number of benzene rings is 1. The lowest BCUT2D eigenvalue weighted by atomic mass is 10.1. The second-order valence-electron chi connectivity index (χ2n) is 3.62. The predicted octanol–water partition coefficient (Wildman–Crippen LogP) is 1.33. The third-order valence-electron chi connectivity index (χ3n) is 2.28. The summed E-state index contributed by atoms with van der Waals surface area (Å²) in [7, 11) is 0. The number of fused-ring (bicyclic) bond motifs is 1. The van der Waals surface area contributed by atoms with Crippen LogP contribution in [-0.2, 0) is 6.42 Å². The van der Waals surface area contributed by atoms with Crippen LogP contribution < -0.4 is 16.4 Å². The zero-order chi connectivity index (χ0) is 10.1. The van der Waals surface area contributed by atoms with Gasteiger partial charge in [-0.25, -0.2) is 4.79 Å². The van der Waals surface area contributed by atoms with E-state index in [1.165, 1.54) is 0 Å². The second kappa shape index (κ2) is 3.21. The number of nitrogen functional groups attached to an aromatic ring is 1. The van der Waals surface area contributed by atoms with Crippen molar-refractivity contribution in [2.24, 2.45) is 0 Å². The van der Waals surface area contributed by atoms with Crippen LogP contribution in [0.4, 0.5) is 16.2 Å². The number of nitrogens with one attached hydrogen (secondary N) is 2. The number of rotatable bonds is 0. The first-order valence-corrected chi connectivity index (χ1v) is 4.61. The molecule has 1 aliphatic rings. The fourth-order valence-corrected chi connectivity index (χ4v) is 1.67. The SMILES string of the molecule is CC1Cc2cc(N)ccc2NC(=O)N1. The van der Waals surface area contributed by atoms with Gasteiger partial charge < -0.3 is 16.4 Å². The van der Waals surface area contributed by atoms with Gasteiger partial charge in [-0.1, -0.05) is 0 Å². The van der Waals surface area contributed by atoms with Crippen LogP contribution in [0, 0.1) is 0 Å². The Labute approximate surface area is 82.5 Å². The summed E-state index contributed by atoms with van der Waals surface area (Å²) in [6.07, 6.45) is 0.805. The van der Waals surface area contributed by atoms with Gasteiger partial charge in [-0.3, -0.25) is 0 Å². The van der Waals surface area contributed by atoms with E-state index in [1.54, 1.807) is 6.07 Å². The van der Waals surface area contributed by atoms with Crippen molar-refractivity contribution in [2.45, 2.75) is 19.4 Å². The van der Waals surface area contributed by atoms with Crippen molar-refractivity contribution >= 4 is 17.4 Å². The van der Waals surface area contributed by atoms with E-state index in [0.717, 1.165) is 23.4 Å². The second-order valence-corrected chi connectivity index (χ2v) is 3.62. The minimum atomic E-state index is -0.152. The van der Waals surface area contributed by atoms with Crippen LogP contribution in [0.1, 0.15) is 12.5 Å². The van der Waals surface area contributed by atoms with E-state index in [4.69, 9.17) is 5.73 Å². The van der Waals surface area contributed by atoms with Crippen molar-refractivity contribution in [3.05, 3.63) is 23.8 Å². The van der Waals surface area contributed by atoms with E-state index in [-0.39, 0.29) is 12.1 Å². The van der Waals surface area contributed by atoms with Gasteiger partial charge in [0, 0.05) is 17.4 Å². The summed E-state index contributed by atoms with van der Waals surface area (Å²) in [5.74, 6) is 0. The summed E-state index contributed by atoms with van der Waals surface area (Å²) < 4.78 is 0. The van der Waals surface area contributed by atoms with Gasteiger partial charge in [0.2, 0.25) is 0 Å². The number of hydrogen-bond acceptors (Lipinski definition) is 2. The maximum atomic E-state index is 11.3. The van der Waals surface area contributed by atoms with Crippen molar-refractivity contribution < 1.29 is 4.79 Å². The average Bonchev–Trinajstić information content (AvgIpc) is 2.21. The predicted molar refractivity (Wildman–Crippen MR) is 56.2 cm³/mol. The van der Waals surface area contributed by atoms with Crippen LogP contribution in [-0.4, -0.2) is 12.1 Å². The zero-order valence-electron chi connectivity index (χ0n) is 8.00. The summed E-state index contributed by atoms with van der Waals surface area (Å²) in [6, 6.07) is 5.51. The van der Waals surface area contributed by atoms with E-state index in [2.05, 4.69) is 10.6 Å². The number of amides is 2. The molecule has 4 N–H and O–H groups in total. The summed E-state index contributed by atoms with van der Waals surface area (Å²) in [5, 5.41) is 5.59. The topological polar surface area (TPSA) is 67.1 Å². The maximum Gasteiger partial charge on any atom is 0.319 e. The quantitative estimate of drug-likeness (QED) is 0.542. The molecule has 0 saturated carbocycles. The molecule has 0 aliphatic carbocycles. The first kappa shape index (κ1) is 8.87. The number of carbonyl (C=O) groups is 1. The van der Waals surface area contributed by atoms with Crippen LogP contribution in [0.25, 0.3) is 0 Å². The molecular formula is C10H13N3O. The smallest absolute Gasteiger partial charge is 0.319 e. The van der Waals surface area contributed by atoms with Crippen LogP contribution in [0.5, 0.6) is 0 Å². The molecule has 1 heterocycles. The van der Waals surface area contributed by atoms with Crippen molar-refractivity contribution in [1.82, 2.24) is 5.32 Å². The van der Waals surface area contributed by atoms with Crippen molar-refractivity contribution in [1.29, 1.82) is 0 Å². The molecule has 1 aliphatic heterocycles. The third kappa shape index (κ3) is 1.64. The fraction of sp³-hybridized carbons (Fsp3) is 0.300. The Hall–Kier alpha value is -1.71. The number of carbonyl (C=O) groups excluding carboxylic acids is 1. The zero-order valence-corrected chi connectivity index (χ0v) is 8.00. The third-order valence-corrected chi connectivity index (χ3v) is 2.28. The molecule has 2 amide bonds. The summed E-state index contributed by atoms with van der Waals surface area (Å²) in [6.45, 7) is 1.97. The lowest BCUT2D eigenvalue weighted by Crippen LogP contribution is -2.34. The molecule has 1 atom stereocenters. The summed E-state index contributed by atoms with van der Waals surface area (Å²) >= 11 is 0. The maximum absolute atomic E-state index is 11.3. The monoisotopic (exact) mass is 191 g/mol. The van der Waals surface area contributed by atoms with E-state index in [0.29, 0.717) is 0 Å². The summed E-state index contributed by atoms with van der Waals surface area (Å²) in [5.41, 5.74) is 8.34. The Morgan fingerprint density at radius 1 is 1.50 bits per heavy atom. The van der Waals surface area contributed by atoms with E-state index < -0.39 is 0 Å². The molecule has 1 aromatic carbocycles. The molecule has 0 bridgehead atoms. The molecule has 0 radical (unpaired) electrons. The minimum absolute atomic E-state index is 0.137. The first-order valence-electron chi connectivity index (χ1n) is 4.61. The van der Waals surface area contributed by atoms with E-state index in [1.807, 2.05) is 19.1 Å². The van der Waals surface area contributed by atoms with Gasteiger partial charge in [0.25, 0.3) is 0 Å². The Morgan fingerprint density at radius 3 is 3.07 bits per heavy atom. The van der Waals surface area contributed by atoms with Crippen LogP contribution in [0.3, 0.4) is 0 Å². The van der Waals surface area contributed by atoms with Gasteiger partial charge in [0.1, 0.15) is 0 Å². The molecule has 2 rings (SSSR count). The molecule has 4 heteroatoms. The van der Waals surface area contributed by atoms with Crippen LogP contribution >= 0.6 is 0 Å². The Balaban J connectivity index is 2.41. The first-order chi connectivity index (χ1) is 6.65. The van der Waals surface area contributed by atoms with Gasteiger partial charge in [-0.05, 0) is 37.1 Å². The molecule has 0 spiro atoms. The fourth-order valence-electron chi connectivity index (χ4n) is 1.67. The Kier molecular flexibility index (Phi) is 2.04. The molecule has 4 nitrogen and oxygen atoms in total. The van der Waals surface area contributed by atoms with E-state index >= 15 is 0 Å². The van der Waals surface area contributed by atoms with Gasteiger partial charge >= 0.3 is 6.03 Å². The highest BCUT2D eigenvalue weighted by Crippen LogP contribution is 2.22. The summed E-state index contributed by atoms with van der Waals surface area (Å²) in [4.78, 5) is 11.3. The standard InChI is InChI=1S/C10H13N3O/c1-6-4-7-5-8(11)2-3-9(7)13-10(14)12-6/h2-3,5-6H,4,11H2,1H3,(H2,12,13,14). The van der Waals surface area contributed by atoms with Crippen molar-refractivity contribution in [3.8, 4) is 0 Å². The highest BCUT2D eigenvalue weighted by molar-refractivity contribution is 5.91. The largest absolute Gasteiger partial charge is 0.399 e. The number of anilines is 2. The molecule has 0 saturated heterocycles. The molecule has 0 fully saturated rings. The lowest BCUT2D eigenvalue weighted by molar-refractivity contribution is 0.250.